The molecule has 0 radical (unpaired) electrons. The van der Waals surface area contributed by atoms with Crippen LogP contribution in [-0.4, -0.2) is 26.0 Å². The van der Waals surface area contributed by atoms with Crippen molar-refractivity contribution in [2.75, 3.05) is 14.2 Å². The van der Waals surface area contributed by atoms with Gasteiger partial charge >= 0.3 is 0 Å². The predicted molar refractivity (Wildman–Crippen MR) is 117 cm³/mol. The molecule has 30 heavy (non-hydrogen) atoms. The summed E-state index contributed by atoms with van der Waals surface area (Å²) >= 11 is 0. The second-order valence-electron chi connectivity index (χ2n) is 6.84. The molecule has 4 N–H and O–H groups in total. The van der Waals surface area contributed by atoms with Crippen molar-refractivity contribution in [1.29, 1.82) is 0 Å². The van der Waals surface area contributed by atoms with E-state index in [4.69, 9.17) is 20.9 Å². The number of ether oxygens (including phenoxy) is 2. The van der Waals surface area contributed by atoms with Gasteiger partial charge in [-0.2, -0.15) is 0 Å². The molecule has 4 aromatic rings. The van der Waals surface area contributed by atoms with Gasteiger partial charge in [-0.05, 0) is 33.7 Å². The number of hydrogen-bond acceptors (Lipinski definition) is 4. The van der Waals surface area contributed by atoms with E-state index in [1.165, 1.54) is 14.2 Å². The molecule has 150 valence electrons. The molecule has 0 aliphatic carbocycles. The van der Waals surface area contributed by atoms with Gasteiger partial charge in [-0.3, -0.25) is 9.59 Å². The topological polar surface area (TPSA) is 105 Å². The van der Waals surface area contributed by atoms with Gasteiger partial charge in [0.15, 0.2) is 0 Å². The molecule has 0 aromatic heterocycles. The highest BCUT2D eigenvalue weighted by Gasteiger charge is 2.26. The van der Waals surface area contributed by atoms with Crippen LogP contribution in [0.2, 0.25) is 0 Å². The van der Waals surface area contributed by atoms with Crippen LogP contribution in [0.25, 0.3) is 32.7 Å². The van der Waals surface area contributed by atoms with Crippen LogP contribution in [-0.2, 0) is 0 Å². The van der Waals surface area contributed by atoms with Gasteiger partial charge in [-0.15, -0.1) is 0 Å². The fraction of sp³-hybridized carbons (Fsp3) is 0.0833. The number of carbonyl (C=O) groups is 2. The molecule has 4 aromatic carbocycles. The number of carbonyl (C=O) groups excluding carboxylic acids is 2. The van der Waals surface area contributed by atoms with E-state index in [0.29, 0.717) is 22.6 Å². The summed E-state index contributed by atoms with van der Waals surface area (Å²) in [5.41, 5.74) is 13.0. The van der Waals surface area contributed by atoms with E-state index in [-0.39, 0.29) is 11.1 Å². The number of hydrogen-bond donors (Lipinski definition) is 2. The van der Waals surface area contributed by atoms with Gasteiger partial charge < -0.3 is 20.9 Å². The molecule has 0 bridgehead atoms. The quantitative estimate of drug-likeness (QED) is 0.530. The zero-order valence-electron chi connectivity index (χ0n) is 16.6. The third-order valence-corrected chi connectivity index (χ3v) is 5.19. The first kappa shape index (κ1) is 19.3. The molecule has 0 saturated heterocycles. The van der Waals surface area contributed by atoms with Gasteiger partial charge in [0, 0.05) is 11.1 Å². The summed E-state index contributed by atoms with van der Waals surface area (Å²) < 4.78 is 11.4. The van der Waals surface area contributed by atoms with Crippen molar-refractivity contribution in [3.8, 4) is 22.6 Å². The molecule has 2 amide bonds. The van der Waals surface area contributed by atoms with Gasteiger partial charge in [-0.25, -0.2) is 0 Å². The number of benzene rings is 4. The Hall–Kier alpha value is -4.06. The predicted octanol–water partition coefficient (Wildman–Crippen LogP) is 3.88. The van der Waals surface area contributed by atoms with Gasteiger partial charge in [0.25, 0.3) is 11.8 Å². The molecule has 0 saturated carbocycles. The summed E-state index contributed by atoms with van der Waals surface area (Å²) in [7, 11) is 2.96. The zero-order valence-corrected chi connectivity index (χ0v) is 16.6. The third kappa shape index (κ3) is 2.90. The maximum atomic E-state index is 12.2. The van der Waals surface area contributed by atoms with E-state index >= 15 is 0 Å². The van der Waals surface area contributed by atoms with E-state index < -0.39 is 11.8 Å². The van der Waals surface area contributed by atoms with Crippen LogP contribution in [0.5, 0.6) is 11.5 Å². The lowest BCUT2D eigenvalue weighted by Gasteiger charge is -2.21. The Bertz CT molecular complexity index is 1220. The van der Waals surface area contributed by atoms with E-state index in [2.05, 4.69) is 0 Å². The van der Waals surface area contributed by atoms with Crippen LogP contribution in [0.4, 0.5) is 0 Å². The first-order valence-corrected chi connectivity index (χ1v) is 9.27. The van der Waals surface area contributed by atoms with Crippen molar-refractivity contribution >= 4 is 33.4 Å². The Morgan fingerprint density at radius 1 is 0.667 bits per heavy atom. The van der Waals surface area contributed by atoms with Crippen molar-refractivity contribution in [2.45, 2.75) is 0 Å². The summed E-state index contributed by atoms with van der Waals surface area (Å²) in [6, 6.07) is 18.5. The van der Waals surface area contributed by atoms with Crippen molar-refractivity contribution in [3.05, 3.63) is 71.8 Å². The fourth-order valence-electron chi connectivity index (χ4n) is 3.94. The van der Waals surface area contributed by atoms with Gasteiger partial charge in [0.1, 0.15) is 11.5 Å². The smallest absolute Gasteiger partial charge is 0.252 e. The van der Waals surface area contributed by atoms with Crippen LogP contribution >= 0.6 is 0 Å². The normalized spacial score (nSPS) is 10.9. The number of amides is 2. The molecule has 6 nitrogen and oxygen atoms in total. The molecule has 0 heterocycles. The highest BCUT2D eigenvalue weighted by atomic mass is 16.5. The van der Waals surface area contributed by atoms with Crippen LogP contribution in [0, 0.1) is 0 Å². The number of nitrogens with two attached hydrogens (primary N) is 2. The van der Waals surface area contributed by atoms with E-state index in [0.717, 1.165) is 21.5 Å². The van der Waals surface area contributed by atoms with Crippen molar-refractivity contribution in [1.82, 2.24) is 0 Å². The highest BCUT2D eigenvalue weighted by Crippen LogP contribution is 2.48. The Morgan fingerprint density at radius 2 is 1.03 bits per heavy atom. The molecule has 6 heteroatoms. The SMILES string of the molecule is COc1c(C(N)=O)cc2ccccc2c1-c1c(OC)c(C(N)=O)cc2ccccc12. The average Bonchev–Trinajstić information content (AvgIpc) is 2.76. The molecule has 4 rings (SSSR count). The summed E-state index contributed by atoms with van der Waals surface area (Å²) in [5, 5.41) is 3.25. The number of fused-ring (bicyclic) bond motifs is 2. The van der Waals surface area contributed by atoms with Crippen molar-refractivity contribution in [2.24, 2.45) is 11.5 Å². The minimum Gasteiger partial charge on any atom is -0.495 e. The van der Waals surface area contributed by atoms with Crippen molar-refractivity contribution < 1.29 is 19.1 Å². The van der Waals surface area contributed by atoms with Crippen LogP contribution in [0.3, 0.4) is 0 Å². The Morgan fingerprint density at radius 3 is 1.37 bits per heavy atom. The van der Waals surface area contributed by atoms with E-state index in [1.807, 2.05) is 48.5 Å². The minimum atomic E-state index is -0.617. The van der Waals surface area contributed by atoms with Crippen LogP contribution in [0.15, 0.2) is 60.7 Å². The Kier molecular flexibility index (Phi) is 4.75. The lowest BCUT2D eigenvalue weighted by atomic mass is 9.88. The molecule has 0 aliphatic rings. The Balaban J connectivity index is 2.32. The van der Waals surface area contributed by atoms with E-state index in [9.17, 15) is 9.59 Å². The Labute approximate surface area is 173 Å². The number of methoxy groups -OCH3 is 2. The maximum absolute atomic E-state index is 12.2. The second-order valence-corrected chi connectivity index (χ2v) is 6.84. The number of rotatable bonds is 5. The largest absolute Gasteiger partial charge is 0.495 e. The fourth-order valence-corrected chi connectivity index (χ4v) is 3.94. The van der Waals surface area contributed by atoms with Crippen LogP contribution in [0.1, 0.15) is 20.7 Å². The second kappa shape index (κ2) is 7.40. The zero-order chi connectivity index (χ0) is 21.4. The monoisotopic (exact) mass is 400 g/mol. The van der Waals surface area contributed by atoms with E-state index in [1.54, 1.807) is 12.1 Å². The molecule has 0 spiro atoms. The first-order chi connectivity index (χ1) is 14.5. The number of primary amides is 2. The van der Waals surface area contributed by atoms with Gasteiger partial charge in [-0.1, -0.05) is 48.5 Å². The van der Waals surface area contributed by atoms with Crippen molar-refractivity contribution in [3.63, 3.8) is 0 Å². The summed E-state index contributed by atoms with van der Waals surface area (Å²) in [5.74, 6) is -0.612. The van der Waals surface area contributed by atoms with Gasteiger partial charge in [0.2, 0.25) is 0 Å². The molecule has 0 unspecified atom stereocenters. The highest BCUT2D eigenvalue weighted by molar-refractivity contribution is 6.16. The molecule has 0 atom stereocenters. The lowest BCUT2D eigenvalue weighted by molar-refractivity contribution is 0.0988. The minimum absolute atomic E-state index is 0.238. The first-order valence-electron chi connectivity index (χ1n) is 9.27. The standard InChI is InChI=1S/C24H20N2O4/c1-29-21-17(23(25)27)11-13-7-3-5-9-15(13)19(21)20-16-10-6-4-8-14(16)12-18(24(26)28)22(20)30-2/h3-12H,1-2H3,(H2,25,27)(H2,26,28). The van der Waals surface area contributed by atoms with Gasteiger partial charge in [0.05, 0.1) is 25.3 Å². The molecule has 0 fully saturated rings. The molecule has 0 aliphatic heterocycles. The molecular weight excluding hydrogens is 380 g/mol. The van der Waals surface area contributed by atoms with Crippen LogP contribution < -0.4 is 20.9 Å². The maximum Gasteiger partial charge on any atom is 0.252 e. The summed E-state index contributed by atoms with van der Waals surface area (Å²) in [6.45, 7) is 0. The summed E-state index contributed by atoms with van der Waals surface area (Å²) in [6.07, 6.45) is 0. The summed E-state index contributed by atoms with van der Waals surface area (Å²) in [4.78, 5) is 24.5. The molecular formula is C24H20N2O4. The lowest BCUT2D eigenvalue weighted by Crippen LogP contribution is -2.15. The third-order valence-electron chi connectivity index (χ3n) is 5.19. The average molecular weight is 400 g/mol.